The van der Waals surface area contributed by atoms with E-state index in [2.05, 4.69) is 10.0 Å². The van der Waals surface area contributed by atoms with Gasteiger partial charge in [-0.1, -0.05) is 5.11 Å². The van der Waals surface area contributed by atoms with Crippen LogP contribution in [0.4, 0.5) is 12.9 Å². The third kappa shape index (κ3) is 7.48. The molecule has 0 amide bonds. The molecule has 0 aliphatic carbocycles. The van der Waals surface area contributed by atoms with E-state index in [1.807, 2.05) is 0 Å². The van der Waals surface area contributed by atoms with E-state index in [0.29, 0.717) is 0 Å². The Morgan fingerprint density at radius 1 is 1.38 bits per heavy atom. The first-order chi connectivity index (χ1) is 5.77. The van der Waals surface area contributed by atoms with Crippen molar-refractivity contribution in [2.75, 3.05) is 33.6 Å². The summed E-state index contributed by atoms with van der Waals surface area (Å²) in [6, 6.07) is 0. The topological polar surface area (TPSA) is 48.8 Å². The SMILES string of the molecule is C[N+](C)(CCN=[N+]=[N-])C[B-](F)(F)F. The molecule has 8 heteroatoms. The van der Waals surface area contributed by atoms with Crippen LogP contribution in [0.5, 0.6) is 0 Å². The fraction of sp³-hybridized carbons (Fsp3) is 1.00. The summed E-state index contributed by atoms with van der Waals surface area (Å²) in [5.74, 6) is 0. The lowest BCUT2D eigenvalue weighted by atomic mass is 9.90. The Hall–Kier alpha value is -0.875. The van der Waals surface area contributed by atoms with Crippen molar-refractivity contribution in [3.05, 3.63) is 10.4 Å². The predicted octanol–water partition coefficient (Wildman–Crippen LogP) is 1.76. The van der Waals surface area contributed by atoms with Gasteiger partial charge in [-0.2, -0.15) is 0 Å². The molecule has 0 spiro atoms. The Balaban J connectivity index is 4.00. The molecule has 0 N–H and O–H groups in total. The van der Waals surface area contributed by atoms with Gasteiger partial charge in [0, 0.05) is 4.91 Å². The van der Waals surface area contributed by atoms with Crippen molar-refractivity contribution >= 4 is 6.98 Å². The molecule has 0 aromatic heterocycles. The molecule has 0 saturated carbocycles. The molecule has 76 valence electrons. The van der Waals surface area contributed by atoms with E-state index < -0.39 is 13.4 Å². The van der Waals surface area contributed by atoms with E-state index in [0.717, 1.165) is 0 Å². The smallest absolute Gasteiger partial charge is 0.445 e. The number of nitrogens with zero attached hydrogens (tertiary/aromatic N) is 4. The third-order valence-electron chi connectivity index (χ3n) is 1.57. The maximum Gasteiger partial charge on any atom is 0.531 e. The first-order valence-electron chi connectivity index (χ1n) is 3.81. The number of quaternary nitrogens is 1. The van der Waals surface area contributed by atoms with Gasteiger partial charge in [0.2, 0.25) is 0 Å². The summed E-state index contributed by atoms with van der Waals surface area (Å²) in [5, 5.41) is 3.19. The van der Waals surface area contributed by atoms with Crippen LogP contribution in [0.2, 0.25) is 0 Å². The van der Waals surface area contributed by atoms with Crippen LogP contribution in [0.25, 0.3) is 10.4 Å². The van der Waals surface area contributed by atoms with Crippen LogP contribution in [0, 0.1) is 0 Å². The Morgan fingerprint density at radius 2 is 1.92 bits per heavy atom. The fourth-order valence-corrected chi connectivity index (χ4v) is 1.01. The van der Waals surface area contributed by atoms with Crippen LogP contribution in [0.15, 0.2) is 5.11 Å². The first-order valence-corrected chi connectivity index (χ1v) is 3.81. The molecular formula is C5H12BF3N4. The molecule has 0 aliphatic heterocycles. The summed E-state index contributed by atoms with van der Waals surface area (Å²) in [6.07, 6.45) is -0.846. The van der Waals surface area contributed by atoms with Crippen LogP contribution >= 0.6 is 0 Å². The van der Waals surface area contributed by atoms with Gasteiger partial charge in [0.25, 0.3) is 0 Å². The minimum Gasteiger partial charge on any atom is -0.445 e. The van der Waals surface area contributed by atoms with E-state index in [-0.39, 0.29) is 17.6 Å². The molecule has 0 atom stereocenters. The number of halogens is 3. The number of likely N-dealkylation sites (N-methyl/N-ethyl adjacent to an activating group) is 1. The van der Waals surface area contributed by atoms with Gasteiger partial charge < -0.3 is 17.4 Å². The molecule has 0 bridgehead atoms. The van der Waals surface area contributed by atoms with E-state index in [9.17, 15) is 12.9 Å². The molecule has 0 aromatic carbocycles. The lowest BCUT2D eigenvalue weighted by Crippen LogP contribution is -2.50. The summed E-state index contributed by atoms with van der Waals surface area (Å²) < 4.78 is 35.8. The fourth-order valence-electron chi connectivity index (χ4n) is 1.01. The second-order valence-corrected chi connectivity index (χ2v) is 3.51. The molecule has 4 nitrogen and oxygen atoms in total. The highest BCUT2D eigenvalue weighted by Crippen LogP contribution is 2.13. The van der Waals surface area contributed by atoms with Gasteiger partial charge in [-0.05, 0) is 5.53 Å². The van der Waals surface area contributed by atoms with E-state index in [1.165, 1.54) is 14.1 Å². The summed E-state index contributed by atoms with van der Waals surface area (Å²) >= 11 is 0. The van der Waals surface area contributed by atoms with Crippen LogP contribution in [-0.4, -0.2) is 45.1 Å². The van der Waals surface area contributed by atoms with E-state index in [1.54, 1.807) is 0 Å². The van der Waals surface area contributed by atoms with Crippen LogP contribution in [-0.2, 0) is 0 Å². The number of rotatable bonds is 5. The molecule has 13 heavy (non-hydrogen) atoms. The average molecular weight is 196 g/mol. The van der Waals surface area contributed by atoms with Gasteiger partial charge in [0.1, 0.15) is 0 Å². The summed E-state index contributed by atoms with van der Waals surface area (Å²) in [7, 11) is 2.92. The minimum atomic E-state index is -4.78. The average Bonchev–Trinajstić information content (AvgIpc) is 1.81. The van der Waals surface area contributed by atoms with Gasteiger partial charge in [-0.3, -0.25) is 0 Å². The normalized spacial score (nSPS) is 12.4. The highest BCUT2D eigenvalue weighted by Gasteiger charge is 2.32. The number of azide groups is 1. The molecule has 0 aliphatic rings. The summed E-state index contributed by atoms with van der Waals surface area (Å²) in [6.45, 7) is -4.49. The quantitative estimate of drug-likeness (QED) is 0.211. The zero-order chi connectivity index (χ0) is 10.5. The maximum atomic E-state index is 12.0. The highest BCUT2D eigenvalue weighted by atomic mass is 19.4. The lowest BCUT2D eigenvalue weighted by molar-refractivity contribution is -0.880. The van der Waals surface area contributed by atoms with Crippen LogP contribution in [0.3, 0.4) is 0 Å². The monoisotopic (exact) mass is 196 g/mol. The van der Waals surface area contributed by atoms with Crippen LogP contribution in [0.1, 0.15) is 0 Å². The van der Waals surface area contributed by atoms with Gasteiger partial charge >= 0.3 is 6.98 Å². The molecule has 0 unspecified atom stereocenters. The predicted molar refractivity (Wildman–Crippen MR) is 44.9 cm³/mol. The Morgan fingerprint density at radius 3 is 2.31 bits per heavy atom. The van der Waals surface area contributed by atoms with E-state index in [4.69, 9.17) is 5.53 Å². The Bertz CT molecular complexity index is 208. The maximum absolute atomic E-state index is 12.0. The largest absolute Gasteiger partial charge is 0.531 e. The van der Waals surface area contributed by atoms with Crippen molar-refractivity contribution in [1.82, 2.24) is 0 Å². The third-order valence-corrected chi connectivity index (χ3v) is 1.57. The zero-order valence-electron chi connectivity index (χ0n) is 7.62. The lowest BCUT2D eigenvalue weighted by Gasteiger charge is -2.33. The highest BCUT2D eigenvalue weighted by molar-refractivity contribution is 6.58. The second kappa shape index (κ2) is 4.39. The van der Waals surface area contributed by atoms with Crippen molar-refractivity contribution in [1.29, 1.82) is 0 Å². The second-order valence-electron chi connectivity index (χ2n) is 3.51. The van der Waals surface area contributed by atoms with Crippen molar-refractivity contribution in [2.24, 2.45) is 5.11 Å². The molecule has 0 saturated heterocycles. The van der Waals surface area contributed by atoms with E-state index >= 15 is 0 Å². The Kier molecular flexibility index (Phi) is 4.09. The van der Waals surface area contributed by atoms with Gasteiger partial charge in [0.05, 0.1) is 33.6 Å². The van der Waals surface area contributed by atoms with Crippen molar-refractivity contribution < 1.29 is 17.4 Å². The molecule has 0 heterocycles. The van der Waals surface area contributed by atoms with Crippen LogP contribution < -0.4 is 0 Å². The Labute approximate surface area is 74.6 Å². The first kappa shape index (κ1) is 12.1. The van der Waals surface area contributed by atoms with Crippen molar-refractivity contribution in [3.8, 4) is 0 Å². The zero-order valence-corrected chi connectivity index (χ0v) is 7.62. The van der Waals surface area contributed by atoms with Crippen molar-refractivity contribution in [3.63, 3.8) is 0 Å². The summed E-state index contributed by atoms with van der Waals surface area (Å²) in [5.41, 5.74) is 7.93. The molecule has 0 aromatic rings. The molecule has 0 rings (SSSR count). The minimum absolute atomic E-state index is 0.0929. The molecule has 0 radical (unpaired) electrons. The van der Waals surface area contributed by atoms with Gasteiger partial charge in [0.15, 0.2) is 0 Å². The van der Waals surface area contributed by atoms with Gasteiger partial charge in [-0.15, -0.1) is 0 Å². The summed E-state index contributed by atoms with van der Waals surface area (Å²) in [4.78, 5) is 2.47. The number of hydrogen-bond acceptors (Lipinski definition) is 1. The molecular weight excluding hydrogens is 184 g/mol. The standard InChI is InChI=1S/C5H12BF3N4/c1-13(2,4-3-11-12-10)5-6(7,8)9/h3-5H2,1-2H3. The van der Waals surface area contributed by atoms with Crippen molar-refractivity contribution in [2.45, 2.75) is 0 Å². The molecule has 0 fully saturated rings. The number of hydrogen-bond donors (Lipinski definition) is 0. The van der Waals surface area contributed by atoms with Gasteiger partial charge in [-0.25, -0.2) is 0 Å².